The highest BCUT2D eigenvalue weighted by atomic mass is 16.5. The van der Waals surface area contributed by atoms with Gasteiger partial charge < -0.3 is 15.0 Å². The van der Waals surface area contributed by atoms with Crippen LogP contribution in [0.2, 0.25) is 0 Å². The molecule has 0 amide bonds. The van der Waals surface area contributed by atoms with Gasteiger partial charge >= 0.3 is 0 Å². The summed E-state index contributed by atoms with van der Waals surface area (Å²) in [6, 6.07) is 0.767. The van der Waals surface area contributed by atoms with Gasteiger partial charge in [0, 0.05) is 32.3 Å². The highest BCUT2D eigenvalue weighted by Gasteiger charge is 2.19. The molecule has 2 aliphatic rings. The minimum Gasteiger partial charge on any atom is -0.377 e. The first-order chi connectivity index (χ1) is 9.24. The molecule has 1 aliphatic heterocycles. The fourth-order valence-corrected chi connectivity index (χ4v) is 3.47. The van der Waals surface area contributed by atoms with Gasteiger partial charge in [0.05, 0.1) is 6.10 Å². The van der Waals surface area contributed by atoms with Gasteiger partial charge in [-0.15, -0.1) is 0 Å². The van der Waals surface area contributed by atoms with Gasteiger partial charge in [0.1, 0.15) is 0 Å². The third-order valence-corrected chi connectivity index (χ3v) is 4.65. The standard InChI is InChI=1S/C16H32N2O/c1-14-6-5-7-15(12-14)17-9-10-18(2)13-16-8-3-4-11-19-16/h14-17H,3-13H2,1-2H3. The maximum Gasteiger partial charge on any atom is 0.0701 e. The second kappa shape index (κ2) is 8.23. The predicted octanol–water partition coefficient (Wildman–Crippen LogP) is 2.66. The molecular weight excluding hydrogens is 236 g/mol. The molecule has 0 spiro atoms. The van der Waals surface area contributed by atoms with Crippen LogP contribution in [0.1, 0.15) is 51.9 Å². The van der Waals surface area contributed by atoms with Crippen molar-refractivity contribution in [3.8, 4) is 0 Å². The first-order valence-electron chi connectivity index (χ1n) is 8.27. The van der Waals surface area contributed by atoms with Gasteiger partial charge in [-0.25, -0.2) is 0 Å². The fourth-order valence-electron chi connectivity index (χ4n) is 3.47. The predicted molar refractivity (Wildman–Crippen MR) is 80.5 cm³/mol. The van der Waals surface area contributed by atoms with Gasteiger partial charge in [-0.3, -0.25) is 0 Å². The largest absolute Gasteiger partial charge is 0.377 e. The topological polar surface area (TPSA) is 24.5 Å². The summed E-state index contributed by atoms with van der Waals surface area (Å²) in [5.74, 6) is 0.916. The zero-order chi connectivity index (χ0) is 13.5. The van der Waals surface area contributed by atoms with Crippen LogP contribution in [0.4, 0.5) is 0 Å². The minimum absolute atomic E-state index is 0.480. The molecule has 3 nitrogen and oxygen atoms in total. The van der Waals surface area contributed by atoms with E-state index in [0.717, 1.165) is 38.2 Å². The average molecular weight is 268 g/mol. The summed E-state index contributed by atoms with van der Waals surface area (Å²) >= 11 is 0. The normalized spacial score (nSPS) is 32.7. The van der Waals surface area contributed by atoms with Gasteiger partial charge in [-0.2, -0.15) is 0 Å². The zero-order valence-electron chi connectivity index (χ0n) is 12.9. The van der Waals surface area contributed by atoms with E-state index in [0.29, 0.717) is 6.10 Å². The number of nitrogens with zero attached hydrogens (tertiary/aromatic N) is 1. The average Bonchev–Trinajstić information content (AvgIpc) is 2.40. The van der Waals surface area contributed by atoms with Crippen molar-refractivity contribution >= 4 is 0 Å². The number of likely N-dealkylation sites (N-methyl/N-ethyl adjacent to an activating group) is 1. The summed E-state index contributed by atoms with van der Waals surface area (Å²) in [4.78, 5) is 2.43. The maximum atomic E-state index is 5.80. The molecule has 1 heterocycles. The van der Waals surface area contributed by atoms with Crippen LogP contribution in [0.3, 0.4) is 0 Å². The molecule has 1 aliphatic carbocycles. The Hall–Kier alpha value is -0.120. The Labute approximate surface area is 119 Å². The van der Waals surface area contributed by atoms with Crippen LogP contribution < -0.4 is 5.32 Å². The molecule has 3 heteroatoms. The minimum atomic E-state index is 0.480. The number of hydrogen-bond acceptors (Lipinski definition) is 3. The molecule has 3 atom stereocenters. The van der Waals surface area contributed by atoms with E-state index in [4.69, 9.17) is 4.74 Å². The Morgan fingerprint density at radius 3 is 2.79 bits per heavy atom. The molecular formula is C16H32N2O. The second-order valence-electron chi connectivity index (χ2n) is 6.67. The Kier molecular flexibility index (Phi) is 6.62. The van der Waals surface area contributed by atoms with E-state index in [9.17, 15) is 0 Å². The van der Waals surface area contributed by atoms with Crippen molar-refractivity contribution in [3.63, 3.8) is 0 Å². The molecule has 112 valence electrons. The summed E-state index contributed by atoms with van der Waals surface area (Å²) < 4.78 is 5.80. The second-order valence-corrected chi connectivity index (χ2v) is 6.67. The van der Waals surface area contributed by atoms with E-state index in [1.165, 1.54) is 44.9 Å². The maximum absolute atomic E-state index is 5.80. The smallest absolute Gasteiger partial charge is 0.0701 e. The van der Waals surface area contributed by atoms with Gasteiger partial charge in [-0.05, 0) is 45.1 Å². The molecule has 1 N–H and O–H groups in total. The van der Waals surface area contributed by atoms with Crippen molar-refractivity contribution < 1.29 is 4.74 Å². The van der Waals surface area contributed by atoms with Crippen molar-refractivity contribution in [1.82, 2.24) is 10.2 Å². The lowest BCUT2D eigenvalue weighted by molar-refractivity contribution is -0.00134. The molecule has 19 heavy (non-hydrogen) atoms. The van der Waals surface area contributed by atoms with Gasteiger partial charge in [-0.1, -0.05) is 19.8 Å². The lowest BCUT2D eigenvalue weighted by atomic mass is 9.87. The fraction of sp³-hybridized carbons (Fsp3) is 1.00. The highest BCUT2D eigenvalue weighted by molar-refractivity contribution is 4.76. The molecule has 0 bridgehead atoms. The quantitative estimate of drug-likeness (QED) is 0.801. The first-order valence-corrected chi connectivity index (χ1v) is 8.27. The monoisotopic (exact) mass is 268 g/mol. The van der Waals surface area contributed by atoms with Crippen molar-refractivity contribution in [2.45, 2.75) is 64.0 Å². The Bertz CT molecular complexity index is 241. The van der Waals surface area contributed by atoms with Crippen molar-refractivity contribution in [2.24, 2.45) is 5.92 Å². The SMILES string of the molecule is CC1CCCC(NCCN(C)CC2CCCCO2)C1. The van der Waals surface area contributed by atoms with Crippen molar-refractivity contribution in [3.05, 3.63) is 0 Å². The molecule has 1 saturated carbocycles. The molecule has 0 aromatic heterocycles. The summed E-state index contributed by atoms with van der Waals surface area (Å²) in [6.07, 6.45) is 9.90. The number of rotatable bonds is 6. The number of nitrogens with one attached hydrogen (secondary N) is 1. The van der Waals surface area contributed by atoms with E-state index in [1.807, 2.05) is 0 Å². The number of hydrogen-bond donors (Lipinski definition) is 1. The lowest BCUT2D eigenvalue weighted by Crippen LogP contribution is -2.40. The third-order valence-electron chi connectivity index (χ3n) is 4.65. The first kappa shape index (κ1) is 15.3. The number of ether oxygens (including phenoxy) is 1. The van der Waals surface area contributed by atoms with Gasteiger partial charge in [0.2, 0.25) is 0 Å². The van der Waals surface area contributed by atoms with Gasteiger partial charge in [0.25, 0.3) is 0 Å². The van der Waals surface area contributed by atoms with E-state index in [-0.39, 0.29) is 0 Å². The van der Waals surface area contributed by atoms with E-state index >= 15 is 0 Å². The molecule has 0 aromatic carbocycles. The van der Waals surface area contributed by atoms with Crippen LogP contribution in [-0.4, -0.2) is 50.3 Å². The molecule has 2 fully saturated rings. The molecule has 2 rings (SSSR count). The molecule has 1 saturated heterocycles. The van der Waals surface area contributed by atoms with Gasteiger partial charge in [0.15, 0.2) is 0 Å². The van der Waals surface area contributed by atoms with Crippen LogP contribution in [-0.2, 0) is 4.74 Å². The van der Waals surface area contributed by atoms with Crippen LogP contribution in [0.5, 0.6) is 0 Å². The van der Waals surface area contributed by atoms with Crippen molar-refractivity contribution in [2.75, 3.05) is 33.3 Å². The molecule has 0 radical (unpaired) electrons. The van der Waals surface area contributed by atoms with Crippen LogP contribution in [0.15, 0.2) is 0 Å². The van der Waals surface area contributed by atoms with Crippen molar-refractivity contribution in [1.29, 1.82) is 0 Å². The lowest BCUT2D eigenvalue weighted by Gasteiger charge is -2.30. The van der Waals surface area contributed by atoms with E-state index < -0.39 is 0 Å². The Morgan fingerprint density at radius 2 is 2.05 bits per heavy atom. The molecule has 3 unspecified atom stereocenters. The van der Waals surface area contributed by atoms with Crippen LogP contribution in [0.25, 0.3) is 0 Å². The summed E-state index contributed by atoms with van der Waals surface area (Å²) in [7, 11) is 2.23. The summed E-state index contributed by atoms with van der Waals surface area (Å²) in [6.45, 7) is 6.73. The van der Waals surface area contributed by atoms with Crippen LogP contribution >= 0.6 is 0 Å². The van der Waals surface area contributed by atoms with Crippen LogP contribution in [0, 0.1) is 5.92 Å². The molecule has 0 aromatic rings. The van der Waals surface area contributed by atoms with E-state index in [2.05, 4.69) is 24.2 Å². The third kappa shape index (κ3) is 5.80. The summed E-state index contributed by atoms with van der Waals surface area (Å²) in [5, 5.41) is 3.74. The zero-order valence-corrected chi connectivity index (χ0v) is 12.9. The van der Waals surface area contributed by atoms with E-state index in [1.54, 1.807) is 0 Å². The summed E-state index contributed by atoms with van der Waals surface area (Å²) in [5.41, 5.74) is 0. The highest BCUT2D eigenvalue weighted by Crippen LogP contribution is 2.23. The Morgan fingerprint density at radius 1 is 1.16 bits per heavy atom. The Balaban J connectivity index is 1.54.